The van der Waals surface area contributed by atoms with Crippen molar-refractivity contribution >= 4 is 0 Å². The maximum absolute atomic E-state index is 6.08. The Balaban J connectivity index is 2.13. The molecule has 0 aliphatic carbocycles. The number of rotatable bonds is 7. The predicted molar refractivity (Wildman–Crippen MR) is 82.0 cm³/mol. The van der Waals surface area contributed by atoms with Gasteiger partial charge in [0.25, 0.3) is 0 Å². The molecule has 114 valence electrons. The molecule has 1 aromatic carbocycles. The molecule has 0 saturated carbocycles. The van der Waals surface area contributed by atoms with Crippen molar-refractivity contribution in [2.24, 2.45) is 11.7 Å². The average Bonchev–Trinajstić information content (AvgIpc) is 2.87. The van der Waals surface area contributed by atoms with E-state index < -0.39 is 0 Å². The molecule has 0 fully saturated rings. The summed E-state index contributed by atoms with van der Waals surface area (Å²) in [5.41, 5.74) is 6.92. The summed E-state index contributed by atoms with van der Waals surface area (Å²) in [5, 5.41) is 4.04. The van der Waals surface area contributed by atoms with Gasteiger partial charge in [-0.25, -0.2) is 0 Å². The largest absolute Gasteiger partial charge is 0.493 e. The van der Waals surface area contributed by atoms with Crippen molar-refractivity contribution in [3.8, 4) is 17.1 Å². The van der Waals surface area contributed by atoms with Crippen molar-refractivity contribution in [1.29, 1.82) is 0 Å². The summed E-state index contributed by atoms with van der Waals surface area (Å²) in [5.74, 6) is 2.44. The van der Waals surface area contributed by atoms with Gasteiger partial charge in [0.05, 0.1) is 12.2 Å². The Bertz CT molecular complexity index is 566. The number of benzene rings is 1. The molecule has 1 aromatic heterocycles. The molecule has 2 N–H and O–H groups in total. The Morgan fingerprint density at radius 3 is 2.76 bits per heavy atom. The molecule has 1 unspecified atom stereocenters. The molecule has 0 radical (unpaired) electrons. The van der Waals surface area contributed by atoms with Gasteiger partial charge in [0.2, 0.25) is 11.7 Å². The zero-order chi connectivity index (χ0) is 15.2. The quantitative estimate of drug-likeness (QED) is 0.848. The van der Waals surface area contributed by atoms with Crippen LogP contribution in [0.5, 0.6) is 5.75 Å². The van der Waals surface area contributed by atoms with Crippen LogP contribution in [0.2, 0.25) is 0 Å². The Morgan fingerprint density at radius 2 is 2.05 bits per heavy atom. The Morgan fingerprint density at radius 1 is 1.29 bits per heavy atom. The van der Waals surface area contributed by atoms with E-state index in [1.165, 1.54) is 0 Å². The van der Waals surface area contributed by atoms with Gasteiger partial charge in [-0.2, -0.15) is 4.98 Å². The van der Waals surface area contributed by atoms with Crippen LogP contribution in [0.25, 0.3) is 11.4 Å². The van der Waals surface area contributed by atoms with Crippen molar-refractivity contribution in [3.63, 3.8) is 0 Å². The molecule has 0 amide bonds. The van der Waals surface area contributed by atoms with Gasteiger partial charge in [-0.05, 0) is 31.4 Å². The van der Waals surface area contributed by atoms with Gasteiger partial charge in [-0.15, -0.1) is 0 Å². The molecule has 0 aliphatic rings. The number of hydrogen-bond acceptors (Lipinski definition) is 5. The summed E-state index contributed by atoms with van der Waals surface area (Å²) in [6.07, 6.45) is 1.54. The van der Waals surface area contributed by atoms with E-state index in [2.05, 4.69) is 24.0 Å². The van der Waals surface area contributed by atoms with Gasteiger partial charge in [0.1, 0.15) is 5.75 Å². The zero-order valence-corrected chi connectivity index (χ0v) is 12.9. The van der Waals surface area contributed by atoms with Gasteiger partial charge >= 0.3 is 0 Å². The fourth-order valence-corrected chi connectivity index (χ4v) is 2.29. The second-order valence-corrected chi connectivity index (χ2v) is 5.53. The highest BCUT2D eigenvalue weighted by molar-refractivity contribution is 5.63. The van der Waals surface area contributed by atoms with Gasteiger partial charge < -0.3 is 15.0 Å². The lowest BCUT2D eigenvalue weighted by Gasteiger charge is -2.10. The first-order valence-corrected chi connectivity index (χ1v) is 7.40. The minimum absolute atomic E-state index is 0.0421. The smallest absolute Gasteiger partial charge is 0.228 e. The second kappa shape index (κ2) is 7.22. The Kier molecular flexibility index (Phi) is 5.33. The molecule has 0 bridgehead atoms. The van der Waals surface area contributed by atoms with E-state index in [0.717, 1.165) is 17.7 Å². The molecular weight excluding hydrogens is 266 g/mol. The second-order valence-electron chi connectivity index (χ2n) is 5.53. The first-order chi connectivity index (χ1) is 10.1. The molecule has 0 saturated heterocycles. The average molecular weight is 289 g/mol. The summed E-state index contributed by atoms with van der Waals surface area (Å²) in [6, 6.07) is 7.72. The van der Waals surface area contributed by atoms with Crippen LogP contribution in [0, 0.1) is 5.92 Å². The molecule has 21 heavy (non-hydrogen) atoms. The van der Waals surface area contributed by atoms with E-state index in [1.807, 2.05) is 31.2 Å². The lowest BCUT2D eigenvalue weighted by Crippen LogP contribution is -2.24. The van der Waals surface area contributed by atoms with E-state index in [9.17, 15) is 0 Å². The van der Waals surface area contributed by atoms with Gasteiger partial charge in [-0.1, -0.05) is 31.1 Å². The molecule has 5 heteroatoms. The molecule has 1 heterocycles. The summed E-state index contributed by atoms with van der Waals surface area (Å²) in [7, 11) is 0. The van der Waals surface area contributed by atoms with Crippen LogP contribution >= 0.6 is 0 Å². The normalized spacial score (nSPS) is 12.6. The molecule has 1 atom stereocenters. The third-order valence-corrected chi connectivity index (χ3v) is 3.11. The number of nitrogens with zero attached hydrogens (tertiary/aromatic N) is 2. The van der Waals surface area contributed by atoms with Crippen molar-refractivity contribution < 1.29 is 9.26 Å². The maximum atomic E-state index is 6.08. The fraction of sp³-hybridized carbons (Fsp3) is 0.500. The molecule has 0 spiro atoms. The number of para-hydroxylation sites is 1. The number of ether oxygens (including phenoxy) is 1. The topological polar surface area (TPSA) is 74.2 Å². The highest BCUT2D eigenvalue weighted by atomic mass is 16.5. The van der Waals surface area contributed by atoms with Crippen LogP contribution < -0.4 is 10.5 Å². The predicted octanol–water partition coefficient (Wildman–Crippen LogP) is 3.05. The SMILES string of the molecule is CCOc1ccccc1-c1noc(CC(N)CC(C)C)n1. The van der Waals surface area contributed by atoms with Crippen LogP contribution in [0.15, 0.2) is 28.8 Å². The van der Waals surface area contributed by atoms with Crippen molar-refractivity contribution in [2.45, 2.75) is 39.7 Å². The highest BCUT2D eigenvalue weighted by Crippen LogP contribution is 2.27. The zero-order valence-electron chi connectivity index (χ0n) is 12.9. The van der Waals surface area contributed by atoms with Crippen LogP contribution in [0.3, 0.4) is 0 Å². The van der Waals surface area contributed by atoms with Crippen molar-refractivity contribution in [2.75, 3.05) is 6.61 Å². The Hall–Kier alpha value is -1.88. The van der Waals surface area contributed by atoms with Crippen LogP contribution in [-0.4, -0.2) is 22.8 Å². The Labute approximate surface area is 125 Å². The fourth-order valence-electron chi connectivity index (χ4n) is 2.29. The summed E-state index contributed by atoms with van der Waals surface area (Å²) in [6.45, 7) is 6.85. The van der Waals surface area contributed by atoms with E-state index >= 15 is 0 Å². The lowest BCUT2D eigenvalue weighted by atomic mass is 10.0. The van der Waals surface area contributed by atoms with E-state index in [4.69, 9.17) is 15.0 Å². The van der Waals surface area contributed by atoms with Crippen LogP contribution in [-0.2, 0) is 6.42 Å². The summed E-state index contributed by atoms with van der Waals surface area (Å²) < 4.78 is 10.9. The maximum Gasteiger partial charge on any atom is 0.228 e. The van der Waals surface area contributed by atoms with Crippen molar-refractivity contribution in [3.05, 3.63) is 30.2 Å². The molecule has 2 rings (SSSR count). The first kappa shape index (κ1) is 15.5. The monoisotopic (exact) mass is 289 g/mol. The third kappa shape index (κ3) is 4.29. The van der Waals surface area contributed by atoms with E-state index in [-0.39, 0.29) is 6.04 Å². The number of hydrogen-bond donors (Lipinski definition) is 1. The van der Waals surface area contributed by atoms with E-state index in [1.54, 1.807) is 0 Å². The standard InChI is InChI=1S/C16H23N3O2/c1-4-20-14-8-6-5-7-13(14)16-18-15(21-19-16)10-12(17)9-11(2)3/h5-8,11-12H,4,9-10,17H2,1-3H3. The summed E-state index contributed by atoms with van der Waals surface area (Å²) in [4.78, 5) is 4.43. The first-order valence-electron chi connectivity index (χ1n) is 7.40. The molecule has 0 aliphatic heterocycles. The third-order valence-electron chi connectivity index (χ3n) is 3.11. The van der Waals surface area contributed by atoms with Gasteiger partial charge in [-0.3, -0.25) is 0 Å². The number of aromatic nitrogens is 2. The molecular formula is C16H23N3O2. The van der Waals surface area contributed by atoms with E-state index in [0.29, 0.717) is 30.7 Å². The molecule has 5 nitrogen and oxygen atoms in total. The van der Waals surface area contributed by atoms with Gasteiger partial charge in [0, 0.05) is 12.5 Å². The lowest BCUT2D eigenvalue weighted by molar-refractivity contribution is 0.340. The van der Waals surface area contributed by atoms with Crippen molar-refractivity contribution in [1.82, 2.24) is 10.1 Å². The molecule has 2 aromatic rings. The number of nitrogens with two attached hydrogens (primary N) is 1. The minimum atomic E-state index is 0.0421. The van der Waals surface area contributed by atoms with Crippen LogP contribution in [0.4, 0.5) is 0 Å². The summed E-state index contributed by atoms with van der Waals surface area (Å²) >= 11 is 0. The van der Waals surface area contributed by atoms with Gasteiger partial charge in [0.15, 0.2) is 0 Å². The van der Waals surface area contributed by atoms with Crippen LogP contribution in [0.1, 0.15) is 33.1 Å². The minimum Gasteiger partial charge on any atom is -0.493 e. The highest BCUT2D eigenvalue weighted by Gasteiger charge is 2.15.